The Kier molecular flexibility index (Phi) is 6.28. The van der Waals surface area contributed by atoms with Gasteiger partial charge in [-0.3, -0.25) is 0 Å². The summed E-state index contributed by atoms with van der Waals surface area (Å²) >= 11 is 0. The largest absolute Gasteiger partial charge is 0.0651 e. The SMILES string of the molecule is [CH2]c1cc(-c2ccccc2)c(CCC)c(CCCc2ccccc2)c1[CH2]. The maximum atomic E-state index is 4.36. The molecule has 0 heteroatoms. The average Bonchev–Trinajstić information content (AvgIpc) is 2.68. The first kappa shape index (κ1) is 18.5. The zero-order valence-electron chi connectivity index (χ0n) is 15.8. The van der Waals surface area contributed by atoms with Crippen molar-refractivity contribution >= 4 is 0 Å². The van der Waals surface area contributed by atoms with Gasteiger partial charge in [0.15, 0.2) is 0 Å². The molecular formula is C26H28. The average molecular weight is 341 g/mol. The Bertz CT molecular complexity index is 829. The molecule has 0 aliphatic heterocycles. The van der Waals surface area contributed by atoms with Crippen molar-refractivity contribution < 1.29 is 0 Å². The fourth-order valence-electron chi connectivity index (χ4n) is 3.71. The summed E-state index contributed by atoms with van der Waals surface area (Å²) in [5.41, 5.74) is 9.08. The topological polar surface area (TPSA) is 0 Å². The van der Waals surface area contributed by atoms with Gasteiger partial charge in [0.2, 0.25) is 0 Å². The minimum absolute atomic E-state index is 1.05. The number of aryl methyl sites for hydroxylation is 1. The van der Waals surface area contributed by atoms with E-state index in [1.165, 1.54) is 27.8 Å². The van der Waals surface area contributed by atoms with Crippen molar-refractivity contribution in [1.82, 2.24) is 0 Å². The molecule has 0 N–H and O–H groups in total. The Hall–Kier alpha value is -2.34. The fourth-order valence-corrected chi connectivity index (χ4v) is 3.71. The Morgan fingerprint density at radius 2 is 1.38 bits per heavy atom. The molecule has 3 aromatic carbocycles. The first-order valence-corrected chi connectivity index (χ1v) is 9.62. The highest BCUT2D eigenvalue weighted by molar-refractivity contribution is 5.72. The lowest BCUT2D eigenvalue weighted by atomic mass is 9.85. The zero-order chi connectivity index (χ0) is 18.4. The van der Waals surface area contributed by atoms with Gasteiger partial charge in [-0.15, -0.1) is 0 Å². The molecule has 3 aromatic rings. The second kappa shape index (κ2) is 8.85. The van der Waals surface area contributed by atoms with Gasteiger partial charge < -0.3 is 0 Å². The molecule has 3 rings (SSSR count). The van der Waals surface area contributed by atoms with Crippen LogP contribution in [-0.4, -0.2) is 0 Å². The summed E-state index contributed by atoms with van der Waals surface area (Å²) in [5, 5.41) is 0. The van der Waals surface area contributed by atoms with Crippen molar-refractivity contribution in [2.24, 2.45) is 0 Å². The van der Waals surface area contributed by atoms with Gasteiger partial charge in [0, 0.05) is 0 Å². The van der Waals surface area contributed by atoms with Crippen LogP contribution in [0.1, 0.15) is 47.6 Å². The van der Waals surface area contributed by atoms with E-state index in [0.717, 1.165) is 43.2 Å². The van der Waals surface area contributed by atoms with Gasteiger partial charge >= 0.3 is 0 Å². The second-order valence-electron chi connectivity index (χ2n) is 6.97. The van der Waals surface area contributed by atoms with E-state index >= 15 is 0 Å². The molecule has 0 fully saturated rings. The smallest absolute Gasteiger partial charge is 0.0146 e. The minimum atomic E-state index is 1.05. The Morgan fingerprint density at radius 1 is 0.731 bits per heavy atom. The minimum Gasteiger partial charge on any atom is -0.0651 e. The van der Waals surface area contributed by atoms with E-state index in [0.29, 0.717) is 0 Å². The molecule has 0 bridgehead atoms. The maximum Gasteiger partial charge on any atom is -0.0146 e. The lowest BCUT2D eigenvalue weighted by molar-refractivity contribution is 0.798. The van der Waals surface area contributed by atoms with Gasteiger partial charge in [0.05, 0.1) is 0 Å². The van der Waals surface area contributed by atoms with Crippen LogP contribution in [-0.2, 0) is 19.3 Å². The number of rotatable bonds is 7. The van der Waals surface area contributed by atoms with Crippen molar-refractivity contribution in [2.75, 3.05) is 0 Å². The summed E-state index contributed by atoms with van der Waals surface area (Å²) in [6.07, 6.45) is 5.54. The molecule has 0 aliphatic rings. The summed E-state index contributed by atoms with van der Waals surface area (Å²) < 4.78 is 0. The van der Waals surface area contributed by atoms with Crippen molar-refractivity contribution in [3.05, 3.63) is 108 Å². The van der Waals surface area contributed by atoms with E-state index in [1.54, 1.807) is 0 Å². The van der Waals surface area contributed by atoms with E-state index < -0.39 is 0 Å². The molecule has 0 saturated carbocycles. The predicted molar refractivity (Wildman–Crippen MR) is 113 cm³/mol. The van der Waals surface area contributed by atoms with Crippen LogP contribution in [0.5, 0.6) is 0 Å². The third-order valence-corrected chi connectivity index (χ3v) is 5.08. The number of benzene rings is 3. The van der Waals surface area contributed by atoms with Gasteiger partial charge in [-0.25, -0.2) is 0 Å². The molecule has 0 aliphatic carbocycles. The van der Waals surface area contributed by atoms with Gasteiger partial charge in [-0.2, -0.15) is 0 Å². The van der Waals surface area contributed by atoms with E-state index in [9.17, 15) is 0 Å². The molecule has 0 heterocycles. The van der Waals surface area contributed by atoms with Crippen molar-refractivity contribution in [3.63, 3.8) is 0 Å². The summed E-state index contributed by atoms with van der Waals surface area (Å²) in [4.78, 5) is 0. The quantitative estimate of drug-likeness (QED) is 0.441. The maximum absolute atomic E-state index is 4.36. The van der Waals surface area contributed by atoms with Crippen molar-refractivity contribution in [3.8, 4) is 11.1 Å². The van der Waals surface area contributed by atoms with E-state index in [1.807, 2.05) is 0 Å². The monoisotopic (exact) mass is 340 g/mol. The zero-order valence-corrected chi connectivity index (χ0v) is 15.8. The van der Waals surface area contributed by atoms with Gasteiger partial charge in [0.1, 0.15) is 0 Å². The molecule has 0 aromatic heterocycles. The van der Waals surface area contributed by atoms with Crippen LogP contribution in [0.15, 0.2) is 66.7 Å². The second-order valence-corrected chi connectivity index (χ2v) is 6.97. The Morgan fingerprint density at radius 3 is 2.04 bits per heavy atom. The van der Waals surface area contributed by atoms with Gasteiger partial charge in [0.25, 0.3) is 0 Å². The van der Waals surface area contributed by atoms with E-state index in [2.05, 4.69) is 87.5 Å². The highest BCUT2D eigenvalue weighted by Crippen LogP contribution is 2.32. The van der Waals surface area contributed by atoms with Crippen LogP contribution < -0.4 is 0 Å². The molecule has 0 atom stereocenters. The fraction of sp³-hybridized carbons (Fsp3) is 0.231. The van der Waals surface area contributed by atoms with Crippen LogP contribution >= 0.6 is 0 Å². The molecule has 26 heavy (non-hydrogen) atoms. The summed E-state index contributed by atoms with van der Waals surface area (Å²) in [6, 6.07) is 23.7. The van der Waals surface area contributed by atoms with Crippen LogP contribution in [0.3, 0.4) is 0 Å². The van der Waals surface area contributed by atoms with Crippen LogP contribution in [0.4, 0.5) is 0 Å². The van der Waals surface area contributed by atoms with Crippen molar-refractivity contribution in [1.29, 1.82) is 0 Å². The van der Waals surface area contributed by atoms with Crippen LogP contribution in [0.2, 0.25) is 0 Å². The molecule has 0 nitrogen and oxygen atoms in total. The third kappa shape index (κ3) is 4.25. The highest BCUT2D eigenvalue weighted by Gasteiger charge is 2.14. The lowest BCUT2D eigenvalue weighted by Gasteiger charge is -2.20. The molecule has 2 radical (unpaired) electrons. The molecule has 0 unspecified atom stereocenters. The number of hydrogen-bond donors (Lipinski definition) is 0. The first-order chi connectivity index (χ1) is 12.7. The third-order valence-electron chi connectivity index (χ3n) is 5.08. The van der Waals surface area contributed by atoms with Gasteiger partial charge in [-0.1, -0.05) is 80.1 Å². The van der Waals surface area contributed by atoms with Crippen LogP contribution in [0.25, 0.3) is 11.1 Å². The standard InChI is InChI=1S/C26H28/c1-4-12-25-24(18-11-15-22-13-7-5-8-14-22)21(3)20(2)19-26(25)23-16-9-6-10-17-23/h5-10,13-14,16-17,19H,2-4,11-12,15,18H2,1H3. The molecular weight excluding hydrogens is 312 g/mol. The Labute approximate surface area is 158 Å². The molecule has 0 spiro atoms. The van der Waals surface area contributed by atoms with Gasteiger partial charge in [-0.05, 0) is 78.5 Å². The molecule has 0 amide bonds. The predicted octanol–water partition coefficient (Wildman–Crippen LogP) is 6.85. The molecule has 132 valence electrons. The van der Waals surface area contributed by atoms with Crippen molar-refractivity contribution in [2.45, 2.75) is 39.0 Å². The van der Waals surface area contributed by atoms with E-state index in [4.69, 9.17) is 0 Å². The lowest BCUT2D eigenvalue weighted by Crippen LogP contribution is -2.04. The normalized spacial score (nSPS) is 10.9. The Balaban J connectivity index is 1.93. The number of hydrogen-bond acceptors (Lipinski definition) is 0. The molecule has 0 saturated heterocycles. The van der Waals surface area contributed by atoms with Crippen LogP contribution in [0, 0.1) is 13.8 Å². The summed E-state index contributed by atoms with van der Waals surface area (Å²) in [6.45, 7) is 10.9. The first-order valence-electron chi connectivity index (χ1n) is 9.62. The highest BCUT2D eigenvalue weighted by atomic mass is 14.2. The summed E-state index contributed by atoms with van der Waals surface area (Å²) in [5.74, 6) is 0. The summed E-state index contributed by atoms with van der Waals surface area (Å²) in [7, 11) is 0. The van der Waals surface area contributed by atoms with E-state index in [-0.39, 0.29) is 0 Å².